The van der Waals surface area contributed by atoms with Crippen molar-refractivity contribution in [2.24, 2.45) is 0 Å². The Labute approximate surface area is 177 Å². The number of nitrogens with one attached hydrogen (secondary N) is 1. The monoisotopic (exact) mass is 444 g/mol. The smallest absolute Gasteiger partial charge is 0.219 e. The highest BCUT2D eigenvalue weighted by Gasteiger charge is 2.39. The van der Waals surface area contributed by atoms with E-state index >= 15 is 4.39 Å². The number of rotatable bonds is 6. The normalized spacial score (nSPS) is 30.3. The van der Waals surface area contributed by atoms with E-state index in [1.165, 1.54) is 25.1 Å². The predicted molar refractivity (Wildman–Crippen MR) is 110 cm³/mol. The second kappa shape index (κ2) is 9.28. The second-order valence-corrected chi connectivity index (χ2v) is 10.2. The average molecular weight is 445 g/mol. The summed E-state index contributed by atoms with van der Waals surface area (Å²) < 4.78 is 60.9. The number of hydrogen-bond acceptors (Lipinski definition) is 4. The van der Waals surface area contributed by atoms with Gasteiger partial charge in [0, 0.05) is 19.5 Å². The van der Waals surface area contributed by atoms with E-state index < -0.39 is 33.6 Å². The van der Waals surface area contributed by atoms with Crippen molar-refractivity contribution in [3.05, 3.63) is 35.6 Å². The van der Waals surface area contributed by atoms with Crippen molar-refractivity contribution in [3.63, 3.8) is 0 Å². The third-order valence-corrected chi connectivity index (χ3v) is 6.85. The van der Waals surface area contributed by atoms with E-state index in [1.807, 2.05) is 0 Å². The fourth-order valence-corrected chi connectivity index (χ4v) is 5.40. The van der Waals surface area contributed by atoms with Gasteiger partial charge in [0.2, 0.25) is 15.9 Å². The van der Waals surface area contributed by atoms with Crippen molar-refractivity contribution < 1.29 is 26.7 Å². The summed E-state index contributed by atoms with van der Waals surface area (Å²) in [6, 6.07) is 4.87. The Morgan fingerprint density at radius 1 is 1.30 bits per heavy atom. The van der Waals surface area contributed by atoms with E-state index in [0.29, 0.717) is 37.8 Å². The number of benzene rings is 1. The van der Waals surface area contributed by atoms with Crippen LogP contribution in [-0.2, 0) is 25.2 Å². The number of alkyl halides is 1. The quantitative estimate of drug-likeness (QED) is 0.732. The molecule has 9 heteroatoms. The fourth-order valence-electron chi connectivity index (χ4n) is 4.57. The molecule has 2 unspecified atom stereocenters. The van der Waals surface area contributed by atoms with Crippen LogP contribution in [0.5, 0.6) is 0 Å². The molecule has 2 aliphatic rings. The minimum absolute atomic E-state index is 0.124. The predicted octanol–water partition coefficient (Wildman–Crippen LogP) is 2.88. The summed E-state index contributed by atoms with van der Waals surface area (Å²) in [5.74, 6) is -0.574. The van der Waals surface area contributed by atoms with Crippen LogP contribution in [0.4, 0.5) is 8.78 Å². The van der Waals surface area contributed by atoms with E-state index in [1.54, 1.807) is 11.0 Å². The van der Waals surface area contributed by atoms with Gasteiger partial charge in [-0.25, -0.2) is 21.9 Å². The minimum Gasteiger partial charge on any atom is -0.376 e. The maximum Gasteiger partial charge on any atom is 0.219 e. The summed E-state index contributed by atoms with van der Waals surface area (Å²) >= 11 is 0. The Hall–Kier alpha value is -1.58. The summed E-state index contributed by atoms with van der Waals surface area (Å²) in [5.41, 5.74) is -1.22. The van der Waals surface area contributed by atoms with Crippen LogP contribution in [0.3, 0.4) is 0 Å². The summed E-state index contributed by atoms with van der Waals surface area (Å²) in [6.07, 6.45) is 3.67. The highest BCUT2D eigenvalue weighted by Crippen LogP contribution is 2.41. The first-order valence-electron chi connectivity index (χ1n) is 10.4. The van der Waals surface area contributed by atoms with Gasteiger partial charge in [0.15, 0.2) is 0 Å². The van der Waals surface area contributed by atoms with Crippen molar-refractivity contribution in [2.75, 3.05) is 19.4 Å². The largest absolute Gasteiger partial charge is 0.376 e. The van der Waals surface area contributed by atoms with Crippen LogP contribution in [0.2, 0.25) is 0 Å². The molecule has 1 N–H and O–H groups in total. The molecule has 6 nitrogen and oxygen atoms in total. The molecule has 168 valence electrons. The first kappa shape index (κ1) is 23.1. The lowest BCUT2D eigenvalue weighted by Crippen LogP contribution is -2.58. The molecule has 0 bridgehead atoms. The molecule has 3 rings (SSSR count). The molecule has 30 heavy (non-hydrogen) atoms. The molecule has 2 atom stereocenters. The lowest BCUT2D eigenvalue weighted by atomic mass is 9.80. The fraction of sp³-hybridized carbons (Fsp3) is 0.667. The number of halogens is 2. The maximum atomic E-state index is 15.3. The Kier molecular flexibility index (Phi) is 7.14. The molecule has 1 aromatic rings. The molecule has 0 aromatic heterocycles. The molecule has 0 radical (unpaired) electrons. The molecule has 0 spiro atoms. The third-order valence-electron chi connectivity index (χ3n) is 6.12. The minimum atomic E-state index is -3.42. The van der Waals surface area contributed by atoms with Crippen LogP contribution in [0, 0.1) is 5.82 Å². The lowest BCUT2D eigenvalue weighted by Gasteiger charge is -2.42. The van der Waals surface area contributed by atoms with Crippen LogP contribution in [0.1, 0.15) is 51.0 Å². The second-order valence-electron chi connectivity index (χ2n) is 8.43. The van der Waals surface area contributed by atoms with Crippen LogP contribution in [0.15, 0.2) is 24.3 Å². The zero-order valence-electron chi connectivity index (χ0n) is 17.4. The topological polar surface area (TPSA) is 75.7 Å². The van der Waals surface area contributed by atoms with Crippen LogP contribution in [0.25, 0.3) is 0 Å². The van der Waals surface area contributed by atoms with Crippen molar-refractivity contribution in [2.45, 2.75) is 69.3 Å². The molecular weight excluding hydrogens is 414 g/mol. The van der Waals surface area contributed by atoms with Crippen molar-refractivity contribution in [1.29, 1.82) is 0 Å². The average Bonchev–Trinajstić information content (AvgIpc) is 2.67. The number of nitrogens with zero attached hydrogens (tertiary/aromatic N) is 1. The highest BCUT2D eigenvalue weighted by atomic mass is 32.2. The molecule has 1 amide bonds. The summed E-state index contributed by atoms with van der Waals surface area (Å²) in [6.45, 7) is 2.21. The van der Waals surface area contributed by atoms with Crippen LogP contribution in [-0.4, -0.2) is 56.8 Å². The number of carbonyl (C=O) groups excluding carboxylic acids is 1. The van der Waals surface area contributed by atoms with Gasteiger partial charge in [-0.3, -0.25) is 4.79 Å². The molecule has 1 saturated heterocycles. The van der Waals surface area contributed by atoms with Gasteiger partial charge < -0.3 is 9.64 Å². The van der Waals surface area contributed by atoms with Gasteiger partial charge in [-0.2, -0.15) is 0 Å². The molecule has 1 aliphatic carbocycles. The summed E-state index contributed by atoms with van der Waals surface area (Å²) in [4.78, 5) is 13.7. The van der Waals surface area contributed by atoms with Crippen molar-refractivity contribution >= 4 is 15.9 Å². The van der Waals surface area contributed by atoms with Crippen LogP contribution < -0.4 is 4.72 Å². The number of likely N-dealkylation sites (tertiary alicyclic amines) is 1. The number of sulfonamides is 1. The molecule has 2 fully saturated rings. The SMILES string of the molecule is CC(=O)N1CCCC(NS(C)(=O)=O)C1COC1CCC(F)(c2cccc(F)c2)CC1. The first-order valence-corrected chi connectivity index (χ1v) is 12.3. The Bertz CT molecular complexity index is 856. The molecule has 1 aromatic carbocycles. The number of piperidine rings is 1. The maximum absolute atomic E-state index is 15.3. The molecular formula is C21H30F2N2O4S. The van der Waals surface area contributed by atoms with E-state index in [4.69, 9.17) is 4.74 Å². The molecule has 1 heterocycles. The highest BCUT2D eigenvalue weighted by molar-refractivity contribution is 7.88. The lowest BCUT2D eigenvalue weighted by molar-refractivity contribution is -0.136. The zero-order chi connectivity index (χ0) is 21.9. The van der Waals surface area contributed by atoms with E-state index in [-0.39, 0.29) is 31.5 Å². The van der Waals surface area contributed by atoms with Gasteiger partial charge in [-0.05, 0) is 56.2 Å². The zero-order valence-corrected chi connectivity index (χ0v) is 18.3. The molecule has 1 aliphatic heterocycles. The Balaban J connectivity index is 1.61. The number of amides is 1. The molecule has 1 saturated carbocycles. The summed E-state index contributed by atoms with van der Waals surface area (Å²) in [7, 11) is -3.42. The van der Waals surface area contributed by atoms with E-state index in [0.717, 1.165) is 6.26 Å². The van der Waals surface area contributed by atoms with Crippen LogP contribution >= 0.6 is 0 Å². The van der Waals surface area contributed by atoms with Gasteiger partial charge in [0.1, 0.15) is 11.5 Å². The standard InChI is InChI=1S/C21H30F2N2O4S/c1-15(26)25-12-4-7-19(24-30(2,27)28)20(25)14-29-18-8-10-21(23,11-9-18)16-5-3-6-17(22)13-16/h3,5-6,13,18-20,24H,4,7-12,14H2,1-2H3. The van der Waals surface area contributed by atoms with Crippen molar-refractivity contribution in [3.8, 4) is 0 Å². The number of carbonyl (C=O) groups is 1. The number of ether oxygens (including phenoxy) is 1. The van der Waals surface area contributed by atoms with Gasteiger partial charge >= 0.3 is 0 Å². The summed E-state index contributed by atoms with van der Waals surface area (Å²) in [5, 5.41) is 0. The van der Waals surface area contributed by atoms with Gasteiger partial charge in [0.25, 0.3) is 0 Å². The van der Waals surface area contributed by atoms with Gasteiger partial charge in [-0.15, -0.1) is 0 Å². The van der Waals surface area contributed by atoms with Gasteiger partial charge in [0.05, 0.1) is 25.0 Å². The Morgan fingerprint density at radius 3 is 2.60 bits per heavy atom. The third kappa shape index (κ3) is 5.76. The van der Waals surface area contributed by atoms with Gasteiger partial charge in [-0.1, -0.05) is 12.1 Å². The first-order chi connectivity index (χ1) is 14.1. The van der Waals surface area contributed by atoms with Crippen molar-refractivity contribution in [1.82, 2.24) is 9.62 Å². The Morgan fingerprint density at radius 2 is 2.00 bits per heavy atom. The van der Waals surface area contributed by atoms with E-state index in [9.17, 15) is 17.6 Å². The number of hydrogen-bond donors (Lipinski definition) is 1. The van der Waals surface area contributed by atoms with E-state index in [2.05, 4.69) is 4.72 Å².